The Balaban J connectivity index is 1.90. The van der Waals surface area contributed by atoms with Crippen LogP contribution in [0.1, 0.15) is 31.7 Å². The average Bonchev–Trinajstić information content (AvgIpc) is 2.41. The van der Waals surface area contributed by atoms with Crippen LogP contribution in [0.2, 0.25) is 5.02 Å². The fourth-order valence-corrected chi connectivity index (χ4v) is 2.33. The summed E-state index contributed by atoms with van der Waals surface area (Å²) in [6.45, 7) is 2.10. The maximum atomic E-state index is 11.6. The number of rotatable bonds is 5. The van der Waals surface area contributed by atoms with Crippen LogP contribution in [0.15, 0.2) is 29.4 Å². The van der Waals surface area contributed by atoms with Gasteiger partial charge in [0.1, 0.15) is 0 Å². The first kappa shape index (κ1) is 14.8. The third kappa shape index (κ3) is 4.21. The zero-order valence-electron chi connectivity index (χ0n) is 11.4. The van der Waals surface area contributed by atoms with Gasteiger partial charge < -0.3 is 5.32 Å². The monoisotopic (exact) mass is 294 g/mol. The van der Waals surface area contributed by atoms with Gasteiger partial charge in [-0.05, 0) is 12.5 Å². The molecule has 2 atom stereocenters. The molecule has 1 saturated heterocycles. The molecule has 108 valence electrons. The van der Waals surface area contributed by atoms with Gasteiger partial charge in [0.25, 0.3) is 0 Å². The van der Waals surface area contributed by atoms with Gasteiger partial charge in [0.05, 0.1) is 6.21 Å². The van der Waals surface area contributed by atoms with Crippen LogP contribution in [0.3, 0.4) is 0 Å². The van der Waals surface area contributed by atoms with E-state index in [1.807, 2.05) is 18.2 Å². The molecular formula is C14H19ClN4O. The van der Waals surface area contributed by atoms with Crippen molar-refractivity contribution < 1.29 is 4.79 Å². The molecule has 1 aromatic rings. The molecule has 2 rings (SSSR count). The van der Waals surface area contributed by atoms with Crippen LogP contribution < -0.4 is 16.1 Å². The van der Waals surface area contributed by atoms with Crippen LogP contribution in [-0.4, -0.2) is 24.5 Å². The minimum Gasteiger partial charge on any atom is -0.322 e. The van der Waals surface area contributed by atoms with Crippen molar-refractivity contribution in [3.05, 3.63) is 34.9 Å². The molecule has 6 heteroatoms. The van der Waals surface area contributed by atoms with E-state index in [9.17, 15) is 4.79 Å². The first-order chi connectivity index (χ1) is 9.69. The predicted molar refractivity (Wildman–Crippen MR) is 80.6 cm³/mol. The molecule has 0 aliphatic carbocycles. The molecule has 0 saturated carbocycles. The molecule has 5 nitrogen and oxygen atoms in total. The van der Waals surface area contributed by atoms with Crippen molar-refractivity contribution in [3.8, 4) is 0 Å². The molecule has 1 fully saturated rings. The molecule has 0 aromatic heterocycles. The SMILES string of the molecule is CCCC1CC(=O)NC(N/N=C/c2ccccc2Cl)N1. The number of hydrogen-bond donors (Lipinski definition) is 3. The van der Waals surface area contributed by atoms with E-state index >= 15 is 0 Å². The summed E-state index contributed by atoms with van der Waals surface area (Å²) in [5.74, 6) is 0.0349. The van der Waals surface area contributed by atoms with Crippen LogP contribution in [0.25, 0.3) is 0 Å². The van der Waals surface area contributed by atoms with Crippen LogP contribution >= 0.6 is 11.6 Å². The molecule has 1 aliphatic rings. The summed E-state index contributed by atoms with van der Waals surface area (Å²) in [4.78, 5) is 11.6. The average molecular weight is 295 g/mol. The van der Waals surface area contributed by atoms with Crippen molar-refractivity contribution in [3.63, 3.8) is 0 Å². The zero-order chi connectivity index (χ0) is 14.4. The number of nitrogens with zero attached hydrogens (tertiary/aromatic N) is 1. The number of carbonyl (C=O) groups is 1. The molecule has 1 aromatic carbocycles. The normalized spacial score (nSPS) is 22.8. The van der Waals surface area contributed by atoms with Crippen LogP contribution in [0, 0.1) is 0 Å². The van der Waals surface area contributed by atoms with E-state index in [1.54, 1.807) is 12.3 Å². The third-order valence-electron chi connectivity index (χ3n) is 3.09. The molecule has 3 N–H and O–H groups in total. The number of halogens is 1. The van der Waals surface area contributed by atoms with Crippen molar-refractivity contribution in [2.45, 2.75) is 38.5 Å². The van der Waals surface area contributed by atoms with Gasteiger partial charge in [-0.25, -0.2) is 0 Å². The van der Waals surface area contributed by atoms with E-state index in [1.165, 1.54) is 0 Å². The van der Waals surface area contributed by atoms with Crippen molar-refractivity contribution >= 4 is 23.7 Å². The van der Waals surface area contributed by atoms with Crippen molar-refractivity contribution in [1.29, 1.82) is 0 Å². The molecule has 1 heterocycles. The standard InChI is InChI=1S/C14H19ClN4O/c1-2-5-11-8-13(20)18-14(17-11)19-16-9-10-6-3-4-7-12(10)15/h3-4,6-7,9,11,14,17,19H,2,5,8H2,1H3,(H,18,20)/b16-9+. The maximum absolute atomic E-state index is 11.6. The molecule has 20 heavy (non-hydrogen) atoms. The molecule has 2 unspecified atom stereocenters. The van der Waals surface area contributed by atoms with E-state index < -0.39 is 0 Å². The predicted octanol–water partition coefficient (Wildman–Crippen LogP) is 1.83. The van der Waals surface area contributed by atoms with Crippen molar-refractivity contribution in [2.24, 2.45) is 5.10 Å². The summed E-state index contributed by atoms with van der Waals surface area (Å²) in [5, 5.41) is 10.9. The number of carbonyl (C=O) groups excluding carboxylic acids is 1. The molecule has 0 spiro atoms. The van der Waals surface area contributed by atoms with Gasteiger partial charge in [0.2, 0.25) is 5.91 Å². The fourth-order valence-electron chi connectivity index (χ4n) is 2.14. The summed E-state index contributed by atoms with van der Waals surface area (Å²) >= 11 is 6.03. The second kappa shape index (κ2) is 7.26. The summed E-state index contributed by atoms with van der Waals surface area (Å²) in [6.07, 6.45) is 3.83. The molecule has 1 amide bonds. The molecule has 0 radical (unpaired) electrons. The Morgan fingerprint density at radius 3 is 3.05 bits per heavy atom. The van der Waals surface area contributed by atoms with Gasteiger partial charge in [-0.2, -0.15) is 5.10 Å². The second-order valence-electron chi connectivity index (χ2n) is 4.77. The third-order valence-corrected chi connectivity index (χ3v) is 3.43. The lowest BCUT2D eigenvalue weighted by molar-refractivity contribution is -0.124. The molecule has 0 bridgehead atoms. The Labute approximate surface area is 123 Å². The molecule has 1 aliphatic heterocycles. The fraction of sp³-hybridized carbons (Fsp3) is 0.429. The topological polar surface area (TPSA) is 65.5 Å². The summed E-state index contributed by atoms with van der Waals surface area (Å²) in [6, 6.07) is 7.64. The largest absolute Gasteiger partial charge is 0.322 e. The van der Waals surface area contributed by atoms with E-state index in [4.69, 9.17) is 11.6 Å². The lowest BCUT2D eigenvalue weighted by Gasteiger charge is -2.30. The van der Waals surface area contributed by atoms with Gasteiger partial charge in [0.15, 0.2) is 6.29 Å². The summed E-state index contributed by atoms with van der Waals surface area (Å²) < 4.78 is 0. The maximum Gasteiger partial charge on any atom is 0.224 e. The van der Waals surface area contributed by atoms with Gasteiger partial charge in [-0.3, -0.25) is 15.5 Å². The van der Waals surface area contributed by atoms with Crippen LogP contribution in [0.5, 0.6) is 0 Å². The number of hydrazone groups is 1. The lowest BCUT2D eigenvalue weighted by Crippen LogP contribution is -2.61. The summed E-state index contributed by atoms with van der Waals surface area (Å²) in [7, 11) is 0. The van der Waals surface area contributed by atoms with Gasteiger partial charge in [-0.15, -0.1) is 0 Å². The van der Waals surface area contributed by atoms with E-state index in [0.717, 1.165) is 18.4 Å². The zero-order valence-corrected chi connectivity index (χ0v) is 12.2. The number of amides is 1. The minimum absolute atomic E-state index is 0.0349. The first-order valence-corrected chi connectivity index (χ1v) is 7.15. The van der Waals surface area contributed by atoms with Crippen molar-refractivity contribution in [2.75, 3.05) is 0 Å². The van der Waals surface area contributed by atoms with Gasteiger partial charge >= 0.3 is 0 Å². The Hall–Kier alpha value is -1.59. The Morgan fingerprint density at radius 1 is 1.50 bits per heavy atom. The highest BCUT2D eigenvalue weighted by atomic mass is 35.5. The number of benzene rings is 1. The van der Waals surface area contributed by atoms with Crippen molar-refractivity contribution in [1.82, 2.24) is 16.1 Å². The van der Waals surface area contributed by atoms with E-state index in [0.29, 0.717) is 11.4 Å². The highest BCUT2D eigenvalue weighted by Gasteiger charge is 2.24. The van der Waals surface area contributed by atoms with Gasteiger partial charge in [0, 0.05) is 23.0 Å². The van der Waals surface area contributed by atoms with Crippen LogP contribution in [0.4, 0.5) is 0 Å². The smallest absolute Gasteiger partial charge is 0.224 e. The van der Waals surface area contributed by atoms with Gasteiger partial charge in [-0.1, -0.05) is 43.1 Å². The Morgan fingerprint density at radius 2 is 2.30 bits per heavy atom. The first-order valence-electron chi connectivity index (χ1n) is 6.77. The number of nitrogens with one attached hydrogen (secondary N) is 3. The van der Waals surface area contributed by atoms with E-state index in [-0.39, 0.29) is 18.2 Å². The minimum atomic E-state index is -0.341. The Bertz CT molecular complexity index is 492. The quantitative estimate of drug-likeness (QED) is 0.573. The van der Waals surface area contributed by atoms with Crippen LogP contribution in [-0.2, 0) is 4.79 Å². The summed E-state index contributed by atoms with van der Waals surface area (Å²) in [5.41, 5.74) is 3.71. The number of hydrogen-bond acceptors (Lipinski definition) is 4. The highest BCUT2D eigenvalue weighted by molar-refractivity contribution is 6.33. The Kier molecular flexibility index (Phi) is 5.38. The highest BCUT2D eigenvalue weighted by Crippen LogP contribution is 2.12. The molecular weight excluding hydrogens is 276 g/mol. The second-order valence-corrected chi connectivity index (χ2v) is 5.17. The lowest BCUT2D eigenvalue weighted by atomic mass is 10.1. The van der Waals surface area contributed by atoms with E-state index in [2.05, 4.69) is 28.1 Å².